The first kappa shape index (κ1) is 14.1. The highest BCUT2D eigenvalue weighted by atomic mass is 16.3. The van der Waals surface area contributed by atoms with Crippen molar-refractivity contribution in [3.8, 4) is 0 Å². The molecule has 0 radical (unpaired) electrons. The van der Waals surface area contributed by atoms with Crippen molar-refractivity contribution in [1.29, 1.82) is 0 Å². The Hall–Kier alpha value is -1.88. The van der Waals surface area contributed by atoms with Gasteiger partial charge in [0.15, 0.2) is 0 Å². The number of amides is 1. The van der Waals surface area contributed by atoms with E-state index in [2.05, 4.69) is 17.2 Å². The summed E-state index contributed by atoms with van der Waals surface area (Å²) in [6, 6.07) is 5.63. The number of hydrogen-bond donors (Lipinski definition) is 2. The van der Waals surface area contributed by atoms with Gasteiger partial charge in [0.05, 0.1) is 5.60 Å². The van der Waals surface area contributed by atoms with Crippen LogP contribution in [0.3, 0.4) is 0 Å². The number of fused-ring (bicyclic) bond motifs is 1. The Bertz CT molecular complexity index is 609. The standard InChI is InChI=1S/C16H21N3O2/c1-12-5-7-16(21,8-6-12)11-17-15(20)13-10-19-9-3-2-4-14(19)18-13/h2-4,9-10,12,21H,5-8,11H2,1H3,(H,17,20). The normalized spacial score (nSPS) is 25.9. The van der Waals surface area contributed by atoms with E-state index in [1.165, 1.54) is 0 Å². The Morgan fingerprint density at radius 1 is 1.48 bits per heavy atom. The molecule has 3 rings (SSSR count). The van der Waals surface area contributed by atoms with Gasteiger partial charge in [-0.25, -0.2) is 4.98 Å². The van der Waals surface area contributed by atoms with E-state index < -0.39 is 5.60 Å². The third-order valence-electron chi connectivity index (χ3n) is 4.38. The van der Waals surface area contributed by atoms with Crippen LogP contribution in [0, 0.1) is 5.92 Å². The summed E-state index contributed by atoms with van der Waals surface area (Å²) in [4.78, 5) is 16.4. The molecule has 21 heavy (non-hydrogen) atoms. The van der Waals surface area contributed by atoms with E-state index in [1.807, 2.05) is 28.8 Å². The Morgan fingerprint density at radius 3 is 2.95 bits per heavy atom. The molecule has 0 unspecified atom stereocenters. The van der Waals surface area contributed by atoms with Crippen molar-refractivity contribution in [2.75, 3.05) is 6.54 Å². The minimum absolute atomic E-state index is 0.231. The van der Waals surface area contributed by atoms with Crippen molar-refractivity contribution >= 4 is 11.6 Å². The summed E-state index contributed by atoms with van der Waals surface area (Å²) in [6.07, 6.45) is 7.09. The molecule has 0 atom stereocenters. The number of carbonyl (C=O) groups excluding carboxylic acids is 1. The number of carbonyl (C=O) groups is 1. The molecule has 1 amide bonds. The number of pyridine rings is 1. The second-order valence-electron chi connectivity index (χ2n) is 6.18. The van der Waals surface area contributed by atoms with Crippen molar-refractivity contribution in [2.24, 2.45) is 5.92 Å². The Balaban J connectivity index is 1.63. The van der Waals surface area contributed by atoms with Crippen LogP contribution in [-0.4, -0.2) is 32.5 Å². The minimum Gasteiger partial charge on any atom is -0.388 e. The van der Waals surface area contributed by atoms with Crippen LogP contribution in [0.1, 0.15) is 43.1 Å². The first-order valence-corrected chi connectivity index (χ1v) is 7.50. The number of hydrogen-bond acceptors (Lipinski definition) is 3. The number of nitrogens with one attached hydrogen (secondary N) is 1. The molecule has 0 aliphatic heterocycles. The summed E-state index contributed by atoms with van der Waals surface area (Å²) in [5.41, 5.74) is 0.364. The van der Waals surface area contributed by atoms with Gasteiger partial charge in [0.1, 0.15) is 11.3 Å². The summed E-state index contributed by atoms with van der Waals surface area (Å²) < 4.78 is 1.81. The van der Waals surface area contributed by atoms with Crippen LogP contribution in [0.15, 0.2) is 30.6 Å². The highest BCUT2D eigenvalue weighted by Gasteiger charge is 2.32. The average molecular weight is 287 g/mol. The fourth-order valence-corrected chi connectivity index (χ4v) is 2.86. The lowest BCUT2D eigenvalue weighted by Crippen LogP contribution is -2.45. The molecule has 112 valence electrons. The van der Waals surface area contributed by atoms with Crippen molar-refractivity contribution in [2.45, 2.75) is 38.2 Å². The highest BCUT2D eigenvalue weighted by molar-refractivity contribution is 5.92. The molecule has 2 N–H and O–H groups in total. The molecule has 0 bridgehead atoms. The summed E-state index contributed by atoms with van der Waals surface area (Å²) in [6.45, 7) is 2.50. The Morgan fingerprint density at radius 2 is 2.24 bits per heavy atom. The quantitative estimate of drug-likeness (QED) is 0.907. The molecule has 5 heteroatoms. The molecule has 1 aliphatic rings. The van der Waals surface area contributed by atoms with Gasteiger partial charge in [-0.3, -0.25) is 4.79 Å². The van der Waals surface area contributed by atoms with Gasteiger partial charge >= 0.3 is 0 Å². The zero-order chi connectivity index (χ0) is 14.9. The lowest BCUT2D eigenvalue weighted by atomic mass is 9.79. The van der Waals surface area contributed by atoms with Crippen LogP contribution in [0.25, 0.3) is 5.65 Å². The predicted molar refractivity (Wildman–Crippen MR) is 80.1 cm³/mol. The zero-order valence-electron chi connectivity index (χ0n) is 12.2. The van der Waals surface area contributed by atoms with Crippen LogP contribution in [-0.2, 0) is 0 Å². The molecule has 2 aromatic rings. The van der Waals surface area contributed by atoms with Crippen molar-refractivity contribution in [1.82, 2.24) is 14.7 Å². The van der Waals surface area contributed by atoms with Crippen molar-refractivity contribution < 1.29 is 9.90 Å². The maximum atomic E-state index is 12.2. The number of nitrogens with zero attached hydrogens (tertiary/aromatic N) is 2. The maximum absolute atomic E-state index is 12.2. The van der Waals surface area contributed by atoms with Gasteiger partial charge in [0.25, 0.3) is 5.91 Å². The van der Waals surface area contributed by atoms with E-state index in [0.717, 1.165) is 31.3 Å². The summed E-state index contributed by atoms with van der Waals surface area (Å²) in [5.74, 6) is 0.435. The number of imidazole rings is 1. The Kier molecular flexibility index (Phi) is 3.68. The molecular weight excluding hydrogens is 266 g/mol. The van der Waals surface area contributed by atoms with Crippen LogP contribution >= 0.6 is 0 Å². The van der Waals surface area contributed by atoms with Crippen LogP contribution in [0.5, 0.6) is 0 Å². The van der Waals surface area contributed by atoms with Crippen LogP contribution in [0.4, 0.5) is 0 Å². The topological polar surface area (TPSA) is 66.6 Å². The molecule has 1 fully saturated rings. The second-order valence-corrected chi connectivity index (χ2v) is 6.18. The number of aliphatic hydroxyl groups is 1. The van der Waals surface area contributed by atoms with Gasteiger partial charge in [0.2, 0.25) is 0 Å². The molecule has 1 saturated carbocycles. The van der Waals surface area contributed by atoms with E-state index in [4.69, 9.17) is 0 Å². The molecule has 2 heterocycles. The van der Waals surface area contributed by atoms with Crippen molar-refractivity contribution in [3.63, 3.8) is 0 Å². The van der Waals surface area contributed by atoms with Gasteiger partial charge in [-0.15, -0.1) is 0 Å². The van der Waals surface area contributed by atoms with E-state index in [-0.39, 0.29) is 5.91 Å². The SMILES string of the molecule is CC1CCC(O)(CNC(=O)c2cn3ccccc3n2)CC1. The van der Waals surface area contributed by atoms with E-state index in [0.29, 0.717) is 18.2 Å². The molecule has 0 aromatic carbocycles. The summed E-state index contributed by atoms with van der Waals surface area (Å²) >= 11 is 0. The molecule has 0 saturated heterocycles. The molecule has 1 aliphatic carbocycles. The van der Waals surface area contributed by atoms with Crippen molar-refractivity contribution in [3.05, 3.63) is 36.3 Å². The molecular formula is C16H21N3O2. The summed E-state index contributed by atoms with van der Waals surface area (Å²) in [7, 11) is 0. The van der Waals surface area contributed by atoms with Gasteiger partial charge < -0.3 is 14.8 Å². The minimum atomic E-state index is -0.763. The van der Waals surface area contributed by atoms with Gasteiger partial charge in [-0.1, -0.05) is 13.0 Å². The van der Waals surface area contributed by atoms with Gasteiger partial charge in [0, 0.05) is 18.9 Å². The Labute approximate surface area is 124 Å². The van der Waals surface area contributed by atoms with Gasteiger partial charge in [-0.05, 0) is 43.7 Å². The largest absolute Gasteiger partial charge is 0.388 e. The summed E-state index contributed by atoms with van der Waals surface area (Å²) in [5, 5.41) is 13.3. The average Bonchev–Trinajstić information content (AvgIpc) is 2.92. The first-order chi connectivity index (χ1) is 10.1. The second kappa shape index (κ2) is 5.48. The monoisotopic (exact) mass is 287 g/mol. The third-order valence-corrected chi connectivity index (χ3v) is 4.38. The van der Waals surface area contributed by atoms with E-state index >= 15 is 0 Å². The lowest BCUT2D eigenvalue weighted by Gasteiger charge is -2.34. The van der Waals surface area contributed by atoms with E-state index in [1.54, 1.807) is 6.20 Å². The maximum Gasteiger partial charge on any atom is 0.271 e. The predicted octanol–water partition coefficient (Wildman–Crippen LogP) is 2.01. The smallest absolute Gasteiger partial charge is 0.271 e. The lowest BCUT2D eigenvalue weighted by molar-refractivity contribution is -0.00543. The van der Waals surface area contributed by atoms with E-state index in [9.17, 15) is 9.90 Å². The number of aromatic nitrogens is 2. The molecule has 0 spiro atoms. The molecule has 2 aromatic heterocycles. The fourth-order valence-electron chi connectivity index (χ4n) is 2.86. The third kappa shape index (κ3) is 3.08. The van der Waals surface area contributed by atoms with Gasteiger partial charge in [-0.2, -0.15) is 0 Å². The zero-order valence-corrected chi connectivity index (χ0v) is 12.2. The van der Waals surface area contributed by atoms with Crippen LogP contribution < -0.4 is 5.32 Å². The number of rotatable bonds is 3. The first-order valence-electron chi connectivity index (χ1n) is 7.50. The highest BCUT2D eigenvalue weighted by Crippen LogP contribution is 2.31. The fraction of sp³-hybridized carbons (Fsp3) is 0.500. The van der Waals surface area contributed by atoms with Crippen LogP contribution in [0.2, 0.25) is 0 Å². The molecule has 5 nitrogen and oxygen atoms in total.